The van der Waals surface area contributed by atoms with Crippen LogP contribution in [-0.2, 0) is 4.84 Å². The van der Waals surface area contributed by atoms with E-state index >= 15 is 0 Å². The molecule has 0 aromatic heterocycles. The van der Waals surface area contributed by atoms with E-state index in [9.17, 15) is 0 Å². The Kier molecular flexibility index (Phi) is 4.23. The van der Waals surface area contributed by atoms with Gasteiger partial charge in [0.05, 0.1) is 5.71 Å². The first-order valence-electron chi connectivity index (χ1n) is 6.07. The molecule has 0 fully saturated rings. The van der Waals surface area contributed by atoms with Gasteiger partial charge < -0.3 is 4.84 Å². The summed E-state index contributed by atoms with van der Waals surface area (Å²) < 4.78 is 0. The van der Waals surface area contributed by atoms with Crippen LogP contribution in [0.25, 0.3) is 11.1 Å². The standard InChI is InChI=1S/C16H16ClNO/c1-11-6-4-9-15(16(11)12(2)18-19-3)13-7-5-8-14(17)10-13/h4-10H,1-3H3/b18-12+. The Balaban J connectivity index is 2.64. The van der Waals surface area contributed by atoms with Crippen LogP contribution >= 0.6 is 11.6 Å². The molecule has 0 heterocycles. The molecule has 2 nitrogen and oxygen atoms in total. The second-order valence-electron chi connectivity index (χ2n) is 4.37. The molecule has 2 rings (SSSR count). The van der Waals surface area contributed by atoms with Gasteiger partial charge in [0.2, 0.25) is 0 Å². The molecule has 0 bridgehead atoms. The van der Waals surface area contributed by atoms with Crippen molar-refractivity contribution in [1.82, 2.24) is 0 Å². The summed E-state index contributed by atoms with van der Waals surface area (Å²) in [6.07, 6.45) is 0. The van der Waals surface area contributed by atoms with Gasteiger partial charge in [-0.25, -0.2) is 0 Å². The highest BCUT2D eigenvalue weighted by Gasteiger charge is 2.11. The maximum Gasteiger partial charge on any atom is 0.106 e. The lowest BCUT2D eigenvalue weighted by Crippen LogP contribution is -2.02. The maximum absolute atomic E-state index is 6.07. The van der Waals surface area contributed by atoms with E-state index in [2.05, 4.69) is 24.2 Å². The molecule has 0 amide bonds. The van der Waals surface area contributed by atoms with E-state index < -0.39 is 0 Å². The molecule has 98 valence electrons. The summed E-state index contributed by atoms with van der Waals surface area (Å²) in [5, 5.41) is 4.78. The van der Waals surface area contributed by atoms with E-state index in [-0.39, 0.29) is 0 Å². The molecule has 0 radical (unpaired) electrons. The SMILES string of the molecule is CO/N=C(\C)c1c(C)cccc1-c1cccc(Cl)c1. The first-order chi connectivity index (χ1) is 9.13. The van der Waals surface area contributed by atoms with Gasteiger partial charge in [0.15, 0.2) is 0 Å². The van der Waals surface area contributed by atoms with Crippen LogP contribution in [0.5, 0.6) is 0 Å². The third kappa shape index (κ3) is 2.96. The summed E-state index contributed by atoms with van der Waals surface area (Å²) in [5.41, 5.74) is 5.30. The first kappa shape index (κ1) is 13.6. The predicted molar refractivity (Wildman–Crippen MR) is 80.8 cm³/mol. The van der Waals surface area contributed by atoms with Gasteiger partial charge in [-0.15, -0.1) is 0 Å². The fourth-order valence-corrected chi connectivity index (χ4v) is 2.42. The number of aryl methyl sites for hydroxylation is 1. The summed E-state index contributed by atoms with van der Waals surface area (Å²) in [7, 11) is 1.56. The number of nitrogens with zero attached hydrogens (tertiary/aromatic N) is 1. The fraction of sp³-hybridized carbons (Fsp3) is 0.188. The van der Waals surface area contributed by atoms with Crippen LogP contribution in [0.2, 0.25) is 5.02 Å². The average Bonchev–Trinajstić information content (AvgIpc) is 2.38. The molecular weight excluding hydrogens is 258 g/mol. The summed E-state index contributed by atoms with van der Waals surface area (Å²) in [5.74, 6) is 0. The number of oxime groups is 1. The Hall–Kier alpha value is -1.80. The van der Waals surface area contributed by atoms with Crippen molar-refractivity contribution in [2.45, 2.75) is 13.8 Å². The van der Waals surface area contributed by atoms with Gasteiger partial charge in [0.25, 0.3) is 0 Å². The first-order valence-corrected chi connectivity index (χ1v) is 6.45. The minimum atomic E-state index is 0.728. The topological polar surface area (TPSA) is 21.6 Å². The third-order valence-electron chi connectivity index (χ3n) is 3.00. The van der Waals surface area contributed by atoms with Crippen LogP contribution in [0.15, 0.2) is 47.6 Å². The molecule has 0 spiro atoms. The number of rotatable bonds is 3. The van der Waals surface area contributed by atoms with Crippen molar-refractivity contribution in [2.75, 3.05) is 7.11 Å². The lowest BCUT2D eigenvalue weighted by atomic mass is 9.93. The molecule has 0 saturated heterocycles. The van der Waals surface area contributed by atoms with Crippen molar-refractivity contribution in [3.8, 4) is 11.1 Å². The van der Waals surface area contributed by atoms with E-state index in [4.69, 9.17) is 16.4 Å². The largest absolute Gasteiger partial charge is 0.399 e. The predicted octanol–water partition coefficient (Wildman–Crippen LogP) is 4.69. The number of halogens is 1. The highest BCUT2D eigenvalue weighted by molar-refractivity contribution is 6.30. The van der Waals surface area contributed by atoms with E-state index in [1.807, 2.05) is 37.3 Å². The Morgan fingerprint density at radius 1 is 1.16 bits per heavy atom. The third-order valence-corrected chi connectivity index (χ3v) is 3.23. The molecular formula is C16H16ClNO. The van der Waals surface area contributed by atoms with Crippen LogP contribution in [-0.4, -0.2) is 12.8 Å². The lowest BCUT2D eigenvalue weighted by Gasteiger charge is -2.12. The Morgan fingerprint density at radius 3 is 2.58 bits per heavy atom. The smallest absolute Gasteiger partial charge is 0.106 e. The van der Waals surface area contributed by atoms with Crippen LogP contribution < -0.4 is 0 Å². The van der Waals surface area contributed by atoms with Gasteiger partial charge >= 0.3 is 0 Å². The van der Waals surface area contributed by atoms with Crippen LogP contribution in [0.3, 0.4) is 0 Å². The summed E-state index contributed by atoms with van der Waals surface area (Å²) in [4.78, 5) is 4.89. The quantitative estimate of drug-likeness (QED) is 0.587. The zero-order valence-corrected chi connectivity index (χ0v) is 12.0. The molecule has 0 atom stereocenters. The van der Waals surface area contributed by atoms with E-state index in [1.54, 1.807) is 7.11 Å². The molecule has 19 heavy (non-hydrogen) atoms. The van der Waals surface area contributed by atoms with E-state index in [0.717, 1.165) is 33.0 Å². The molecule has 2 aromatic rings. The summed E-state index contributed by atoms with van der Waals surface area (Å²) in [6.45, 7) is 4.01. The van der Waals surface area contributed by atoms with Gasteiger partial charge in [-0.3, -0.25) is 0 Å². The second-order valence-corrected chi connectivity index (χ2v) is 4.80. The van der Waals surface area contributed by atoms with Crippen molar-refractivity contribution in [3.05, 3.63) is 58.6 Å². The lowest BCUT2D eigenvalue weighted by molar-refractivity contribution is 0.213. The van der Waals surface area contributed by atoms with Gasteiger partial charge in [-0.1, -0.05) is 47.1 Å². The Bertz CT molecular complexity index is 620. The summed E-state index contributed by atoms with van der Waals surface area (Å²) in [6, 6.07) is 14.0. The number of benzene rings is 2. The van der Waals surface area contributed by atoms with Gasteiger partial charge in [-0.2, -0.15) is 0 Å². The van der Waals surface area contributed by atoms with Crippen molar-refractivity contribution in [3.63, 3.8) is 0 Å². The van der Waals surface area contributed by atoms with Gasteiger partial charge in [0, 0.05) is 10.6 Å². The Morgan fingerprint density at radius 2 is 1.89 bits per heavy atom. The maximum atomic E-state index is 6.07. The molecule has 0 aliphatic heterocycles. The van der Waals surface area contributed by atoms with Gasteiger partial charge in [0.1, 0.15) is 7.11 Å². The molecule has 0 aliphatic carbocycles. The number of hydrogen-bond donors (Lipinski definition) is 0. The van der Waals surface area contributed by atoms with Crippen LogP contribution in [0, 0.1) is 6.92 Å². The van der Waals surface area contributed by atoms with Crippen LogP contribution in [0.4, 0.5) is 0 Å². The van der Waals surface area contributed by atoms with E-state index in [0.29, 0.717) is 0 Å². The van der Waals surface area contributed by atoms with Crippen molar-refractivity contribution in [1.29, 1.82) is 0 Å². The zero-order chi connectivity index (χ0) is 13.8. The molecule has 2 aromatic carbocycles. The summed E-state index contributed by atoms with van der Waals surface area (Å²) >= 11 is 6.07. The number of hydrogen-bond acceptors (Lipinski definition) is 2. The fourth-order valence-electron chi connectivity index (χ4n) is 2.23. The molecule has 0 unspecified atom stereocenters. The molecule has 0 aliphatic rings. The van der Waals surface area contributed by atoms with Crippen molar-refractivity contribution in [2.24, 2.45) is 5.16 Å². The minimum absolute atomic E-state index is 0.728. The van der Waals surface area contributed by atoms with Crippen molar-refractivity contribution < 1.29 is 4.84 Å². The second kappa shape index (κ2) is 5.89. The van der Waals surface area contributed by atoms with Crippen molar-refractivity contribution >= 4 is 17.3 Å². The average molecular weight is 274 g/mol. The normalized spacial score (nSPS) is 11.5. The highest BCUT2D eigenvalue weighted by atomic mass is 35.5. The Labute approximate surface area is 118 Å². The molecule has 3 heteroatoms. The van der Waals surface area contributed by atoms with Crippen LogP contribution in [0.1, 0.15) is 18.1 Å². The molecule has 0 N–H and O–H groups in total. The van der Waals surface area contributed by atoms with Gasteiger partial charge in [-0.05, 0) is 42.7 Å². The van der Waals surface area contributed by atoms with E-state index in [1.165, 1.54) is 0 Å². The zero-order valence-electron chi connectivity index (χ0n) is 11.3. The highest BCUT2D eigenvalue weighted by Crippen LogP contribution is 2.28. The monoisotopic (exact) mass is 273 g/mol. The molecule has 0 saturated carbocycles. The minimum Gasteiger partial charge on any atom is -0.399 e.